The highest BCUT2D eigenvalue weighted by Gasteiger charge is 2.11. The molecule has 5 nitrogen and oxygen atoms in total. The van der Waals surface area contributed by atoms with Gasteiger partial charge in [-0.2, -0.15) is 0 Å². The van der Waals surface area contributed by atoms with Crippen LogP contribution in [0.3, 0.4) is 0 Å². The van der Waals surface area contributed by atoms with Gasteiger partial charge in [-0.05, 0) is 30.7 Å². The molecule has 0 aliphatic rings. The summed E-state index contributed by atoms with van der Waals surface area (Å²) in [4.78, 5) is 14.9. The van der Waals surface area contributed by atoms with Crippen molar-refractivity contribution in [1.29, 1.82) is 0 Å². The third kappa shape index (κ3) is 3.27. The van der Waals surface area contributed by atoms with Gasteiger partial charge in [0.25, 0.3) is 0 Å². The molecule has 0 aliphatic heterocycles. The summed E-state index contributed by atoms with van der Waals surface area (Å²) in [6, 6.07) is 9.28. The van der Waals surface area contributed by atoms with Crippen molar-refractivity contribution in [3.05, 3.63) is 52.1 Å². The van der Waals surface area contributed by atoms with Crippen LogP contribution in [0, 0.1) is 0 Å². The van der Waals surface area contributed by atoms with Crippen molar-refractivity contribution in [1.82, 2.24) is 4.98 Å². The van der Waals surface area contributed by atoms with Crippen LogP contribution < -0.4 is 11.1 Å². The van der Waals surface area contributed by atoms with Crippen LogP contribution in [0.5, 0.6) is 0 Å². The topological polar surface area (TPSA) is 88.2 Å². The van der Waals surface area contributed by atoms with Crippen molar-refractivity contribution < 1.29 is 9.90 Å². The van der Waals surface area contributed by atoms with Gasteiger partial charge in [-0.15, -0.1) is 0 Å². The molecule has 0 spiro atoms. The zero-order valence-electron chi connectivity index (χ0n) is 10.8. The van der Waals surface area contributed by atoms with E-state index in [9.17, 15) is 4.79 Å². The number of hydrogen-bond donors (Lipinski definition) is 3. The number of nitrogen functional groups attached to an aromatic ring is 1. The second-order valence-corrected chi connectivity index (χ2v) is 5.30. The molecule has 1 aromatic heterocycles. The lowest BCUT2D eigenvalue weighted by molar-refractivity contribution is 0.0696. The Balaban J connectivity index is 2.19. The molecule has 0 radical (unpaired) electrons. The van der Waals surface area contributed by atoms with Crippen LogP contribution in [0.15, 0.2) is 41.0 Å². The second-order valence-electron chi connectivity index (χ2n) is 4.39. The molecule has 2 rings (SSSR count). The molecule has 1 unspecified atom stereocenters. The minimum Gasteiger partial charge on any atom is -0.478 e. The lowest BCUT2D eigenvalue weighted by atomic mass is 10.1. The van der Waals surface area contributed by atoms with Gasteiger partial charge in [0.05, 0.1) is 17.3 Å². The number of carboxylic acid groups (broad SMARTS) is 1. The number of nitrogens with two attached hydrogens (primary N) is 1. The fourth-order valence-corrected chi connectivity index (χ4v) is 2.20. The van der Waals surface area contributed by atoms with Crippen molar-refractivity contribution in [3.63, 3.8) is 0 Å². The predicted octanol–water partition coefficient (Wildman–Crippen LogP) is 3.30. The number of nitrogens with zero attached hydrogens (tertiary/aromatic N) is 1. The Bertz CT molecular complexity index is 646. The maximum atomic E-state index is 10.8. The molecule has 1 aromatic carbocycles. The highest BCUT2D eigenvalue weighted by Crippen LogP contribution is 2.24. The Morgan fingerprint density at radius 2 is 2.20 bits per heavy atom. The van der Waals surface area contributed by atoms with Gasteiger partial charge in [-0.25, -0.2) is 9.78 Å². The van der Waals surface area contributed by atoms with Gasteiger partial charge < -0.3 is 16.2 Å². The summed E-state index contributed by atoms with van der Waals surface area (Å²) in [6.45, 7) is 1.98. The van der Waals surface area contributed by atoms with Crippen LogP contribution in [-0.4, -0.2) is 16.1 Å². The average Bonchev–Trinajstić information content (AvgIpc) is 2.40. The summed E-state index contributed by atoms with van der Waals surface area (Å²) in [5, 5.41) is 12.0. The lowest BCUT2D eigenvalue weighted by Crippen LogP contribution is -2.11. The molecule has 1 heterocycles. The van der Waals surface area contributed by atoms with Crippen LogP contribution in [0.25, 0.3) is 0 Å². The number of aromatic nitrogens is 1. The van der Waals surface area contributed by atoms with Crippen molar-refractivity contribution in [2.24, 2.45) is 0 Å². The molecule has 6 heteroatoms. The minimum atomic E-state index is -1.05. The molecule has 20 heavy (non-hydrogen) atoms. The first-order valence-corrected chi connectivity index (χ1v) is 6.77. The van der Waals surface area contributed by atoms with Gasteiger partial charge >= 0.3 is 5.97 Å². The smallest absolute Gasteiger partial charge is 0.337 e. The summed E-state index contributed by atoms with van der Waals surface area (Å²) < 4.78 is 0.991. The van der Waals surface area contributed by atoms with Gasteiger partial charge in [0, 0.05) is 10.7 Å². The molecular formula is C14H14BrN3O2. The first-order valence-electron chi connectivity index (χ1n) is 5.98. The Morgan fingerprint density at radius 3 is 2.80 bits per heavy atom. The molecule has 0 fully saturated rings. The SMILES string of the molecule is CC(Nc1ncc(C(=O)O)cc1N)c1cccc(Br)c1. The summed E-state index contributed by atoms with van der Waals surface area (Å²) in [7, 11) is 0. The molecule has 0 bridgehead atoms. The van der Waals surface area contributed by atoms with Crippen LogP contribution in [-0.2, 0) is 0 Å². The van der Waals surface area contributed by atoms with E-state index in [1.54, 1.807) is 0 Å². The van der Waals surface area contributed by atoms with E-state index >= 15 is 0 Å². The molecule has 0 aliphatic carbocycles. The van der Waals surface area contributed by atoms with Gasteiger partial charge in [-0.3, -0.25) is 0 Å². The van der Waals surface area contributed by atoms with Crippen LogP contribution in [0.2, 0.25) is 0 Å². The average molecular weight is 336 g/mol. The third-order valence-electron chi connectivity index (χ3n) is 2.87. The van der Waals surface area contributed by atoms with Crippen molar-refractivity contribution in [2.45, 2.75) is 13.0 Å². The maximum Gasteiger partial charge on any atom is 0.337 e. The number of rotatable bonds is 4. The highest BCUT2D eigenvalue weighted by atomic mass is 79.9. The quantitative estimate of drug-likeness (QED) is 0.797. The third-order valence-corrected chi connectivity index (χ3v) is 3.36. The van der Waals surface area contributed by atoms with E-state index in [0.29, 0.717) is 11.5 Å². The van der Waals surface area contributed by atoms with Gasteiger partial charge in [-0.1, -0.05) is 28.1 Å². The standard InChI is InChI=1S/C14H14BrN3O2/c1-8(9-3-2-4-11(15)5-9)18-13-12(16)6-10(7-17-13)14(19)20/h2-8H,16H2,1H3,(H,17,18)(H,19,20). The molecular weight excluding hydrogens is 322 g/mol. The Kier molecular flexibility index (Phi) is 4.24. The van der Waals surface area contributed by atoms with E-state index in [0.717, 1.165) is 10.0 Å². The molecule has 0 saturated heterocycles. The van der Waals surface area contributed by atoms with E-state index in [-0.39, 0.29) is 11.6 Å². The number of carboxylic acids is 1. The largest absolute Gasteiger partial charge is 0.478 e. The number of aromatic carboxylic acids is 1. The molecule has 4 N–H and O–H groups in total. The van der Waals surface area contributed by atoms with Gasteiger partial charge in [0.2, 0.25) is 0 Å². The van der Waals surface area contributed by atoms with Crippen LogP contribution >= 0.6 is 15.9 Å². The molecule has 2 aromatic rings. The highest BCUT2D eigenvalue weighted by molar-refractivity contribution is 9.10. The fraction of sp³-hybridized carbons (Fsp3) is 0.143. The number of nitrogens with one attached hydrogen (secondary N) is 1. The second kappa shape index (κ2) is 5.92. The van der Waals surface area contributed by atoms with Crippen molar-refractivity contribution in [3.8, 4) is 0 Å². The number of pyridine rings is 1. The lowest BCUT2D eigenvalue weighted by Gasteiger charge is -2.16. The van der Waals surface area contributed by atoms with Crippen molar-refractivity contribution in [2.75, 3.05) is 11.1 Å². The number of halogens is 1. The number of anilines is 2. The van der Waals surface area contributed by atoms with E-state index in [1.807, 2.05) is 31.2 Å². The van der Waals surface area contributed by atoms with E-state index in [2.05, 4.69) is 26.2 Å². The number of hydrogen-bond acceptors (Lipinski definition) is 4. The molecule has 0 amide bonds. The van der Waals surface area contributed by atoms with Gasteiger partial charge in [0.15, 0.2) is 0 Å². The first kappa shape index (κ1) is 14.3. The zero-order valence-corrected chi connectivity index (χ0v) is 12.4. The first-order chi connectivity index (χ1) is 9.47. The number of carbonyl (C=O) groups is 1. The van der Waals surface area contributed by atoms with E-state index in [1.165, 1.54) is 12.3 Å². The van der Waals surface area contributed by atoms with Gasteiger partial charge in [0.1, 0.15) is 5.82 Å². The number of benzene rings is 1. The summed E-state index contributed by atoms with van der Waals surface area (Å²) in [6.07, 6.45) is 1.29. The fourth-order valence-electron chi connectivity index (χ4n) is 1.78. The molecule has 0 saturated carbocycles. The van der Waals surface area contributed by atoms with Crippen LogP contribution in [0.1, 0.15) is 28.9 Å². The zero-order chi connectivity index (χ0) is 14.7. The Hall–Kier alpha value is -2.08. The Morgan fingerprint density at radius 1 is 1.45 bits per heavy atom. The molecule has 104 valence electrons. The normalized spacial score (nSPS) is 11.9. The monoisotopic (exact) mass is 335 g/mol. The summed E-state index contributed by atoms with van der Waals surface area (Å²) >= 11 is 3.42. The van der Waals surface area contributed by atoms with Crippen molar-refractivity contribution >= 4 is 33.4 Å². The summed E-state index contributed by atoms with van der Waals surface area (Å²) in [5.41, 5.74) is 7.27. The van der Waals surface area contributed by atoms with Crippen LogP contribution in [0.4, 0.5) is 11.5 Å². The minimum absolute atomic E-state index is 0.00187. The van der Waals surface area contributed by atoms with E-state index in [4.69, 9.17) is 10.8 Å². The Labute approximate surface area is 125 Å². The maximum absolute atomic E-state index is 10.8. The predicted molar refractivity (Wildman–Crippen MR) is 81.8 cm³/mol. The molecule has 1 atom stereocenters. The summed E-state index contributed by atoms with van der Waals surface area (Å²) in [5.74, 6) is -0.571. The van der Waals surface area contributed by atoms with E-state index < -0.39 is 5.97 Å².